The Kier molecular flexibility index (Phi) is 6.07. The van der Waals surface area contributed by atoms with Crippen LogP contribution in [0.3, 0.4) is 0 Å². The first-order valence-corrected chi connectivity index (χ1v) is 13.4. The van der Waals surface area contributed by atoms with Crippen LogP contribution in [0.4, 0.5) is 5.69 Å². The molecule has 0 radical (unpaired) electrons. The van der Waals surface area contributed by atoms with Gasteiger partial charge in [-0.25, -0.2) is 0 Å². The minimum absolute atomic E-state index is 0.0646. The second-order valence-electron chi connectivity index (χ2n) is 10.8. The summed E-state index contributed by atoms with van der Waals surface area (Å²) in [6.45, 7) is 1.77. The second kappa shape index (κ2) is 9.44. The zero-order valence-corrected chi connectivity index (χ0v) is 22.3. The number of likely N-dealkylation sites (tertiary alicyclic amines) is 1. The smallest absolute Gasteiger partial charge is 0.258 e. The van der Waals surface area contributed by atoms with E-state index in [1.54, 1.807) is 4.90 Å². The summed E-state index contributed by atoms with van der Waals surface area (Å²) in [4.78, 5) is 33.8. The zero-order chi connectivity index (χ0) is 26.4. The highest BCUT2D eigenvalue weighted by Crippen LogP contribution is 2.41. The number of carbonyl (C=O) groups excluding carboxylic acids is 2. The molecule has 38 heavy (non-hydrogen) atoms. The van der Waals surface area contributed by atoms with Crippen LogP contribution in [0.25, 0.3) is 10.9 Å². The largest absolute Gasteiger partial charge is 0.351 e. The Balaban J connectivity index is 1.24. The van der Waals surface area contributed by atoms with Gasteiger partial charge < -0.3 is 14.4 Å². The van der Waals surface area contributed by atoms with Crippen LogP contribution in [0.5, 0.6) is 0 Å². The van der Waals surface area contributed by atoms with Crippen molar-refractivity contribution < 1.29 is 9.59 Å². The molecule has 2 aliphatic rings. The van der Waals surface area contributed by atoms with E-state index < -0.39 is 0 Å². The topological polar surface area (TPSA) is 48.8 Å². The highest BCUT2D eigenvalue weighted by atomic mass is 16.2. The molecule has 3 heterocycles. The number of hydrogen-bond donors (Lipinski definition) is 0. The van der Waals surface area contributed by atoms with E-state index in [0.717, 1.165) is 35.0 Å². The number of benzene rings is 3. The van der Waals surface area contributed by atoms with Crippen molar-refractivity contribution in [2.75, 3.05) is 38.6 Å². The fourth-order valence-electron chi connectivity index (χ4n) is 6.42. The molecule has 0 N–H and O–H groups in total. The Morgan fingerprint density at radius 2 is 1.61 bits per heavy atom. The summed E-state index contributed by atoms with van der Waals surface area (Å²) in [5.41, 5.74) is 4.66. The van der Waals surface area contributed by atoms with E-state index >= 15 is 0 Å². The molecular formula is C32H34N4O2. The molecule has 1 aromatic heterocycles. The van der Waals surface area contributed by atoms with E-state index in [2.05, 4.69) is 43.3 Å². The molecule has 3 aromatic carbocycles. The Morgan fingerprint density at radius 1 is 0.895 bits per heavy atom. The summed E-state index contributed by atoms with van der Waals surface area (Å²) in [7, 11) is 6.25. The monoisotopic (exact) mass is 506 g/mol. The maximum atomic E-state index is 13.9. The van der Waals surface area contributed by atoms with Gasteiger partial charge >= 0.3 is 0 Å². The summed E-state index contributed by atoms with van der Waals surface area (Å²) in [5, 5.41) is 1.10. The highest BCUT2D eigenvalue weighted by molar-refractivity contribution is 6.10. The van der Waals surface area contributed by atoms with Gasteiger partial charge in [0.2, 0.25) is 5.91 Å². The van der Waals surface area contributed by atoms with E-state index in [1.165, 1.54) is 5.56 Å². The SMILES string of the molecule is CN(C)C1(c2ccccc2)CCN(C(=O)C2CN(C(=O)c3ccc4ccn(C)c4c3)c3ccccc32)CC1. The quantitative estimate of drug-likeness (QED) is 0.391. The minimum atomic E-state index is -0.350. The maximum absolute atomic E-state index is 13.9. The molecule has 1 fully saturated rings. The van der Waals surface area contributed by atoms with Crippen LogP contribution in [0.2, 0.25) is 0 Å². The lowest BCUT2D eigenvalue weighted by atomic mass is 9.79. The lowest BCUT2D eigenvalue weighted by Gasteiger charge is -2.47. The fraction of sp³-hybridized carbons (Fsp3) is 0.312. The van der Waals surface area contributed by atoms with Crippen molar-refractivity contribution in [1.82, 2.24) is 14.4 Å². The molecule has 1 saturated heterocycles. The number of fused-ring (bicyclic) bond motifs is 2. The molecule has 4 aromatic rings. The van der Waals surface area contributed by atoms with E-state index in [0.29, 0.717) is 25.2 Å². The van der Waals surface area contributed by atoms with Crippen LogP contribution in [0.1, 0.15) is 40.2 Å². The number of amides is 2. The summed E-state index contributed by atoms with van der Waals surface area (Å²) in [6, 6.07) is 26.4. The molecule has 6 nitrogen and oxygen atoms in total. The van der Waals surface area contributed by atoms with Crippen molar-refractivity contribution >= 4 is 28.4 Å². The van der Waals surface area contributed by atoms with Crippen molar-refractivity contribution in [3.8, 4) is 0 Å². The lowest BCUT2D eigenvalue weighted by Crippen LogP contribution is -2.52. The van der Waals surface area contributed by atoms with Gasteiger partial charge in [0.05, 0.1) is 5.92 Å². The fourth-order valence-corrected chi connectivity index (χ4v) is 6.42. The van der Waals surface area contributed by atoms with Gasteiger partial charge in [-0.3, -0.25) is 14.5 Å². The van der Waals surface area contributed by atoms with Gasteiger partial charge in [-0.05, 0) is 67.7 Å². The third-order valence-corrected chi connectivity index (χ3v) is 8.72. The Morgan fingerprint density at radius 3 is 2.34 bits per heavy atom. The summed E-state index contributed by atoms with van der Waals surface area (Å²) in [5.74, 6) is -0.297. The number of hydrogen-bond acceptors (Lipinski definition) is 3. The molecule has 2 aliphatic heterocycles. The van der Waals surface area contributed by atoms with E-state index in [-0.39, 0.29) is 23.3 Å². The number of rotatable bonds is 4. The van der Waals surface area contributed by atoms with Gasteiger partial charge in [0.1, 0.15) is 0 Å². The molecule has 0 spiro atoms. The van der Waals surface area contributed by atoms with E-state index in [4.69, 9.17) is 0 Å². The Bertz CT molecular complexity index is 1500. The van der Waals surface area contributed by atoms with Crippen LogP contribution in [0, 0.1) is 0 Å². The Hall–Kier alpha value is -3.90. The van der Waals surface area contributed by atoms with E-state index in [1.807, 2.05) is 77.3 Å². The van der Waals surface area contributed by atoms with Crippen LogP contribution < -0.4 is 4.90 Å². The second-order valence-corrected chi connectivity index (χ2v) is 10.8. The molecular weight excluding hydrogens is 472 g/mol. The van der Waals surface area contributed by atoms with Crippen molar-refractivity contribution in [2.24, 2.45) is 7.05 Å². The predicted molar refractivity (Wildman–Crippen MR) is 151 cm³/mol. The number of nitrogens with zero attached hydrogens (tertiary/aromatic N) is 4. The van der Waals surface area contributed by atoms with Crippen LogP contribution in [-0.2, 0) is 17.4 Å². The lowest BCUT2D eigenvalue weighted by molar-refractivity contribution is -0.135. The normalized spacial score (nSPS) is 18.7. The highest BCUT2D eigenvalue weighted by Gasteiger charge is 2.43. The maximum Gasteiger partial charge on any atom is 0.258 e. The summed E-state index contributed by atoms with van der Waals surface area (Å²) in [6.07, 6.45) is 3.76. The third kappa shape index (κ3) is 3.91. The first-order valence-electron chi connectivity index (χ1n) is 13.4. The van der Waals surface area contributed by atoms with Gasteiger partial charge in [-0.2, -0.15) is 0 Å². The minimum Gasteiger partial charge on any atom is -0.351 e. The van der Waals surface area contributed by atoms with Crippen molar-refractivity contribution in [3.05, 3.63) is 102 Å². The molecule has 0 bridgehead atoms. The van der Waals surface area contributed by atoms with Crippen molar-refractivity contribution in [3.63, 3.8) is 0 Å². The average Bonchev–Trinajstić information content (AvgIpc) is 3.53. The van der Waals surface area contributed by atoms with E-state index in [9.17, 15) is 9.59 Å². The standard InChI is InChI=1S/C32H34N4O2/c1-33(2)32(25-9-5-4-6-10-25)16-19-35(20-17-32)31(38)27-22-36(28-12-8-7-11-26(27)28)30(37)24-14-13-23-15-18-34(3)29(23)21-24/h4-15,18,21,27H,16-17,19-20,22H2,1-3H3. The van der Waals surface area contributed by atoms with Gasteiger partial charge in [0, 0.05) is 55.2 Å². The average molecular weight is 507 g/mol. The van der Waals surface area contributed by atoms with Gasteiger partial charge in [0.15, 0.2) is 0 Å². The van der Waals surface area contributed by atoms with Crippen LogP contribution in [-0.4, -0.2) is 59.9 Å². The summed E-state index contributed by atoms with van der Waals surface area (Å²) >= 11 is 0. The first-order chi connectivity index (χ1) is 18.4. The van der Waals surface area contributed by atoms with Gasteiger partial charge in [0.25, 0.3) is 5.91 Å². The van der Waals surface area contributed by atoms with Gasteiger partial charge in [-0.15, -0.1) is 0 Å². The molecule has 6 heteroatoms. The predicted octanol–water partition coefficient (Wildman–Crippen LogP) is 5.00. The molecule has 1 atom stereocenters. The first kappa shape index (κ1) is 24.4. The number of carbonyl (C=O) groups is 2. The number of para-hydroxylation sites is 1. The molecule has 0 aliphatic carbocycles. The number of aromatic nitrogens is 1. The van der Waals surface area contributed by atoms with Crippen molar-refractivity contribution in [2.45, 2.75) is 24.3 Å². The molecule has 6 rings (SSSR count). The Labute approximate surface area is 224 Å². The van der Waals surface area contributed by atoms with Crippen LogP contribution in [0.15, 0.2) is 85.1 Å². The number of piperidine rings is 1. The molecule has 1 unspecified atom stereocenters. The molecule has 194 valence electrons. The summed E-state index contributed by atoms with van der Waals surface area (Å²) < 4.78 is 2.02. The molecule has 2 amide bonds. The zero-order valence-electron chi connectivity index (χ0n) is 22.3. The number of anilines is 1. The third-order valence-electron chi connectivity index (χ3n) is 8.72. The van der Waals surface area contributed by atoms with Gasteiger partial charge in [-0.1, -0.05) is 54.6 Å². The molecule has 0 saturated carbocycles. The number of aryl methyl sites for hydroxylation is 1. The van der Waals surface area contributed by atoms with Crippen LogP contribution >= 0.6 is 0 Å². The van der Waals surface area contributed by atoms with Crippen molar-refractivity contribution in [1.29, 1.82) is 0 Å².